The Kier molecular flexibility index (Phi) is 5.14. The first-order chi connectivity index (χ1) is 15.1. The smallest absolute Gasteiger partial charge is 0.306 e. The average Bonchev–Trinajstić information content (AvgIpc) is 3.44. The highest BCUT2D eigenvalue weighted by Gasteiger charge is 2.31. The number of carboxylic acids is 1. The van der Waals surface area contributed by atoms with Crippen LogP contribution in [0.4, 0.5) is 10.1 Å². The van der Waals surface area contributed by atoms with Crippen molar-refractivity contribution >= 4 is 23.2 Å². The molecule has 6 heteroatoms. The number of nitrogens with zero attached hydrogens (tertiary/aromatic N) is 2. The molecule has 0 saturated heterocycles. The average molecular weight is 417 g/mol. The predicted octanol–water partition coefficient (Wildman–Crippen LogP) is 5.15. The Labute approximate surface area is 180 Å². The summed E-state index contributed by atoms with van der Waals surface area (Å²) >= 11 is 0. The van der Waals surface area contributed by atoms with E-state index in [1.165, 1.54) is 17.7 Å². The molecule has 5 rings (SSSR count). The summed E-state index contributed by atoms with van der Waals surface area (Å²) in [5, 5.41) is 12.8. The Morgan fingerprint density at radius 1 is 1.13 bits per heavy atom. The minimum Gasteiger partial charge on any atom is -0.481 e. The van der Waals surface area contributed by atoms with Crippen molar-refractivity contribution in [3.63, 3.8) is 0 Å². The summed E-state index contributed by atoms with van der Waals surface area (Å²) in [5.41, 5.74) is 5.05. The molecule has 0 bridgehead atoms. The van der Waals surface area contributed by atoms with Crippen LogP contribution in [0.15, 0.2) is 70.2 Å². The summed E-state index contributed by atoms with van der Waals surface area (Å²) in [6.07, 6.45) is 6.08. The van der Waals surface area contributed by atoms with Gasteiger partial charge in [0.15, 0.2) is 5.84 Å². The van der Waals surface area contributed by atoms with Gasteiger partial charge in [-0.25, -0.2) is 14.4 Å². The van der Waals surface area contributed by atoms with Crippen LogP contribution in [-0.2, 0) is 4.79 Å². The number of hydrogen-bond donors (Lipinski definition) is 2. The van der Waals surface area contributed by atoms with Gasteiger partial charge in [-0.2, -0.15) is 0 Å². The van der Waals surface area contributed by atoms with Gasteiger partial charge >= 0.3 is 5.97 Å². The van der Waals surface area contributed by atoms with Crippen LogP contribution >= 0.6 is 0 Å². The van der Waals surface area contributed by atoms with E-state index in [1.807, 2.05) is 12.1 Å². The maximum absolute atomic E-state index is 13.3. The van der Waals surface area contributed by atoms with Crippen molar-refractivity contribution in [2.75, 3.05) is 5.32 Å². The standard InChI is InChI=1S/C25H24FN3O2/c26-19-11-9-15(10-12-19)23-28-22-6-2-5-21(22)24(29-23)27-20-4-1-3-16(14-20)17-7-8-18(13-17)25(30)31/h1,3-5,9-12,14,17-18,24,27H,2,6-8,13H2,(H,30,31). The Bertz CT molecular complexity index is 1100. The second-order valence-corrected chi connectivity index (χ2v) is 8.43. The first-order valence-electron chi connectivity index (χ1n) is 10.8. The van der Waals surface area contributed by atoms with E-state index in [0.717, 1.165) is 48.2 Å². The van der Waals surface area contributed by atoms with Crippen molar-refractivity contribution in [3.05, 3.63) is 77.1 Å². The lowest BCUT2D eigenvalue weighted by Crippen LogP contribution is -2.28. The van der Waals surface area contributed by atoms with Gasteiger partial charge in [0.25, 0.3) is 0 Å². The molecule has 1 aliphatic heterocycles. The fraction of sp³-hybridized carbons (Fsp3) is 0.320. The third-order valence-electron chi connectivity index (χ3n) is 6.41. The topological polar surface area (TPSA) is 74.0 Å². The van der Waals surface area contributed by atoms with Crippen molar-refractivity contribution in [2.45, 2.75) is 44.2 Å². The molecule has 0 spiro atoms. The number of rotatable bonds is 5. The number of aliphatic imine (C=N–C) groups is 2. The zero-order valence-corrected chi connectivity index (χ0v) is 17.1. The van der Waals surface area contributed by atoms with Crippen LogP contribution in [-0.4, -0.2) is 28.8 Å². The van der Waals surface area contributed by atoms with E-state index in [9.17, 15) is 14.3 Å². The summed E-state index contributed by atoms with van der Waals surface area (Å²) in [6.45, 7) is 0. The van der Waals surface area contributed by atoms with Crippen molar-refractivity contribution in [2.24, 2.45) is 15.9 Å². The van der Waals surface area contributed by atoms with E-state index in [1.54, 1.807) is 12.1 Å². The number of carbonyl (C=O) groups is 1. The van der Waals surface area contributed by atoms with Crippen molar-refractivity contribution < 1.29 is 14.3 Å². The van der Waals surface area contributed by atoms with E-state index < -0.39 is 5.97 Å². The molecule has 158 valence electrons. The zero-order chi connectivity index (χ0) is 21.4. The lowest BCUT2D eigenvalue weighted by molar-refractivity contribution is -0.141. The molecule has 31 heavy (non-hydrogen) atoms. The highest BCUT2D eigenvalue weighted by molar-refractivity contribution is 6.16. The number of benzene rings is 2. The monoisotopic (exact) mass is 417 g/mol. The van der Waals surface area contributed by atoms with Gasteiger partial charge in [-0.3, -0.25) is 4.79 Å². The van der Waals surface area contributed by atoms with E-state index in [0.29, 0.717) is 12.3 Å². The molecular formula is C25H24FN3O2. The van der Waals surface area contributed by atoms with Crippen LogP contribution < -0.4 is 5.32 Å². The number of anilines is 1. The van der Waals surface area contributed by atoms with Crippen LogP contribution in [0, 0.1) is 11.7 Å². The minimum absolute atomic E-state index is 0.245. The third-order valence-corrected chi connectivity index (χ3v) is 6.41. The van der Waals surface area contributed by atoms with E-state index in [-0.39, 0.29) is 23.8 Å². The van der Waals surface area contributed by atoms with Crippen molar-refractivity contribution in [1.82, 2.24) is 0 Å². The van der Waals surface area contributed by atoms with Crippen LogP contribution in [0.1, 0.15) is 49.1 Å². The number of hydrogen-bond acceptors (Lipinski definition) is 4. The van der Waals surface area contributed by atoms with Crippen molar-refractivity contribution in [3.8, 4) is 0 Å². The number of halogens is 1. The number of aliphatic carboxylic acids is 1. The first kappa shape index (κ1) is 19.7. The van der Waals surface area contributed by atoms with Gasteiger partial charge in [0.2, 0.25) is 0 Å². The number of fused-ring (bicyclic) bond motifs is 1. The summed E-state index contributed by atoms with van der Waals surface area (Å²) < 4.78 is 13.3. The van der Waals surface area contributed by atoms with Gasteiger partial charge < -0.3 is 10.4 Å². The molecule has 0 amide bonds. The van der Waals surface area contributed by atoms with E-state index >= 15 is 0 Å². The molecule has 0 radical (unpaired) electrons. The van der Waals surface area contributed by atoms with Crippen LogP contribution in [0.2, 0.25) is 0 Å². The third kappa shape index (κ3) is 4.02. The SMILES string of the molecule is O=C(O)C1CCC(c2cccc(NC3N=C(c4ccc(F)cc4)N=C4CCC=C43)c2)C1. The maximum Gasteiger partial charge on any atom is 0.306 e. The number of carboxylic acid groups (broad SMARTS) is 1. The molecule has 2 N–H and O–H groups in total. The van der Waals surface area contributed by atoms with Crippen LogP contribution in [0.25, 0.3) is 0 Å². The summed E-state index contributed by atoms with van der Waals surface area (Å²) in [6, 6.07) is 14.5. The molecule has 3 atom stereocenters. The lowest BCUT2D eigenvalue weighted by atomic mass is 9.96. The lowest BCUT2D eigenvalue weighted by Gasteiger charge is -2.24. The number of allylic oxidation sites excluding steroid dienone is 1. The molecule has 2 aromatic rings. The molecule has 3 aliphatic rings. The number of nitrogens with one attached hydrogen (secondary N) is 1. The quantitative estimate of drug-likeness (QED) is 0.706. The molecule has 3 unspecified atom stereocenters. The molecule has 2 aromatic carbocycles. The predicted molar refractivity (Wildman–Crippen MR) is 119 cm³/mol. The maximum atomic E-state index is 13.3. The summed E-state index contributed by atoms with van der Waals surface area (Å²) in [7, 11) is 0. The molecule has 1 heterocycles. The van der Waals surface area contributed by atoms with E-state index in [2.05, 4.69) is 23.5 Å². The molecule has 2 aliphatic carbocycles. The van der Waals surface area contributed by atoms with E-state index in [4.69, 9.17) is 9.98 Å². The Balaban J connectivity index is 1.39. The largest absolute Gasteiger partial charge is 0.481 e. The summed E-state index contributed by atoms with van der Waals surface area (Å²) in [4.78, 5) is 20.9. The molecule has 1 saturated carbocycles. The molecular weight excluding hydrogens is 393 g/mol. The highest BCUT2D eigenvalue weighted by Crippen LogP contribution is 2.39. The zero-order valence-electron chi connectivity index (χ0n) is 17.1. The van der Waals surface area contributed by atoms with Gasteiger partial charge in [-0.1, -0.05) is 18.2 Å². The first-order valence-corrected chi connectivity index (χ1v) is 10.8. The Hall–Kier alpha value is -3.28. The summed E-state index contributed by atoms with van der Waals surface area (Å²) in [5.74, 6) is -0.331. The van der Waals surface area contributed by atoms with Crippen LogP contribution in [0.5, 0.6) is 0 Å². The van der Waals surface area contributed by atoms with Gasteiger partial charge in [0.05, 0.1) is 11.6 Å². The fourth-order valence-electron chi connectivity index (χ4n) is 4.76. The van der Waals surface area contributed by atoms with Crippen molar-refractivity contribution in [1.29, 1.82) is 0 Å². The van der Waals surface area contributed by atoms with Crippen LogP contribution in [0.3, 0.4) is 0 Å². The Morgan fingerprint density at radius 2 is 1.97 bits per heavy atom. The molecule has 0 aromatic heterocycles. The fourth-order valence-corrected chi connectivity index (χ4v) is 4.76. The second-order valence-electron chi connectivity index (χ2n) is 8.43. The second kappa shape index (κ2) is 8.10. The van der Waals surface area contributed by atoms with Gasteiger partial charge in [-0.05, 0) is 80.0 Å². The van der Waals surface area contributed by atoms with Gasteiger partial charge in [-0.15, -0.1) is 0 Å². The van der Waals surface area contributed by atoms with Gasteiger partial charge in [0.1, 0.15) is 12.0 Å². The highest BCUT2D eigenvalue weighted by atomic mass is 19.1. The Morgan fingerprint density at radius 3 is 2.74 bits per heavy atom. The normalized spacial score (nSPS) is 24.8. The minimum atomic E-state index is -0.693. The molecule has 1 fully saturated rings. The van der Waals surface area contributed by atoms with Gasteiger partial charge in [0, 0.05) is 16.8 Å². The number of amidine groups is 1. The molecule has 5 nitrogen and oxygen atoms in total.